The van der Waals surface area contributed by atoms with Gasteiger partial charge in [0.2, 0.25) is 0 Å². The molecule has 0 spiro atoms. The van der Waals surface area contributed by atoms with Gasteiger partial charge in [-0.25, -0.2) is 13.9 Å². The summed E-state index contributed by atoms with van der Waals surface area (Å²) in [4.78, 5) is 14.6. The molecule has 0 unspecified atom stereocenters. The van der Waals surface area contributed by atoms with Crippen molar-refractivity contribution in [1.82, 2.24) is 10.4 Å². The Kier molecular flexibility index (Phi) is 7.03. The lowest BCUT2D eigenvalue weighted by molar-refractivity contribution is -0.133. The van der Waals surface area contributed by atoms with Crippen LogP contribution >= 0.6 is 0 Å². The highest BCUT2D eigenvalue weighted by Crippen LogP contribution is 2.36. The standard InChI is InChI=1S/C23H30N2O5S/c1-4-25-15-13-23(14-16-25,22(26)24-27)31(28,29)21-11-9-20(10-12-21)30-19-7-5-18(6-8-19)17(2)3/h5-12,17,27H,4,13-16H2,1-3H3,(H,24,26). The molecule has 8 heteroatoms. The van der Waals surface area contributed by atoms with Gasteiger partial charge in [-0.1, -0.05) is 32.9 Å². The molecule has 1 aliphatic heterocycles. The van der Waals surface area contributed by atoms with Gasteiger partial charge in [-0.15, -0.1) is 0 Å². The molecule has 31 heavy (non-hydrogen) atoms. The van der Waals surface area contributed by atoms with E-state index in [1.165, 1.54) is 17.7 Å². The summed E-state index contributed by atoms with van der Waals surface area (Å²) in [6.07, 6.45) is 0.242. The van der Waals surface area contributed by atoms with Crippen molar-refractivity contribution in [3.8, 4) is 11.5 Å². The molecule has 168 valence electrons. The number of benzene rings is 2. The first-order chi connectivity index (χ1) is 14.7. The van der Waals surface area contributed by atoms with Crippen LogP contribution in [0.4, 0.5) is 0 Å². The molecule has 7 nitrogen and oxygen atoms in total. The van der Waals surface area contributed by atoms with Gasteiger partial charge in [-0.05, 0) is 67.3 Å². The Labute approximate surface area is 183 Å². The topological polar surface area (TPSA) is 95.9 Å². The molecule has 1 fully saturated rings. The first-order valence-electron chi connectivity index (χ1n) is 10.5. The van der Waals surface area contributed by atoms with Crippen LogP contribution < -0.4 is 10.2 Å². The number of hydrogen-bond acceptors (Lipinski definition) is 6. The largest absolute Gasteiger partial charge is 0.457 e. The van der Waals surface area contributed by atoms with Crippen molar-refractivity contribution >= 4 is 15.7 Å². The number of ether oxygens (including phenoxy) is 1. The maximum absolute atomic E-state index is 13.4. The lowest BCUT2D eigenvalue weighted by Gasteiger charge is -2.39. The zero-order chi connectivity index (χ0) is 22.6. The number of likely N-dealkylation sites (tertiary alicyclic amines) is 1. The van der Waals surface area contributed by atoms with E-state index < -0.39 is 20.5 Å². The number of nitrogens with zero attached hydrogens (tertiary/aromatic N) is 1. The normalized spacial score (nSPS) is 16.8. The number of rotatable bonds is 7. The lowest BCUT2D eigenvalue weighted by Crippen LogP contribution is -2.57. The molecule has 1 aliphatic rings. The van der Waals surface area contributed by atoms with Gasteiger partial charge in [0.1, 0.15) is 11.5 Å². The van der Waals surface area contributed by atoms with Crippen LogP contribution in [0.15, 0.2) is 53.4 Å². The molecule has 0 atom stereocenters. The minimum Gasteiger partial charge on any atom is -0.457 e. The molecular weight excluding hydrogens is 416 g/mol. The first kappa shape index (κ1) is 23.2. The second-order valence-electron chi connectivity index (χ2n) is 8.17. The van der Waals surface area contributed by atoms with Crippen LogP contribution in [0.2, 0.25) is 0 Å². The SMILES string of the molecule is CCN1CCC(C(=O)NO)(S(=O)(=O)c2ccc(Oc3ccc(C(C)C)cc3)cc2)CC1. The number of hydroxylamine groups is 1. The van der Waals surface area contributed by atoms with Crippen molar-refractivity contribution < 1.29 is 23.2 Å². The quantitative estimate of drug-likeness (QED) is 0.497. The van der Waals surface area contributed by atoms with Crippen LogP contribution in [0, 0.1) is 0 Å². The second-order valence-corrected chi connectivity index (χ2v) is 10.4. The molecule has 1 amide bonds. The summed E-state index contributed by atoms with van der Waals surface area (Å²) in [5.74, 6) is 0.695. The maximum Gasteiger partial charge on any atom is 0.265 e. The van der Waals surface area contributed by atoms with E-state index in [0.29, 0.717) is 30.5 Å². The van der Waals surface area contributed by atoms with Crippen LogP contribution in [-0.4, -0.2) is 48.8 Å². The van der Waals surface area contributed by atoms with E-state index in [4.69, 9.17) is 4.74 Å². The Bertz CT molecular complexity index is 993. The predicted octanol–water partition coefficient (Wildman–Crippen LogP) is 3.74. The van der Waals surface area contributed by atoms with E-state index in [1.807, 2.05) is 31.2 Å². The smallest absolute Gasteiger partial charge is 0.265 e. The summed E-state index contributed by atoms with van der Waals surface area (Å²) >= 11 is 0. The Morgan fingerprint density at radius 2 is 1.58 bits per heavy atom. The van der Waals surface area contributed by atoms with E-state index in [9.17, 15) is 18.4 Å². The van der Waals surface area contributed by atoms with Crippen molar-refractivity contribution in [3.63, 3.8) is 0 Å². The van der Waals surface area contributed by atoms with Gasteiger partial charge in [-0.2, -0.15) is 0 Å². The molecule has 0 radical (unpaired) electrons. The van der Waals surface area contributed by atoms with Crippen molar-refractivity contribution in [1.29, 1.82) is 0 Å². The molecule has 0 aromatic heterocycles. The lowest BCUT2D eigenvalue weighted by atomic mass is 9.95. The van der Waals surface area contributed by atoms with Gasteiger partial charge in [0, 0.05) is 13.1 Å². The summed E-state index contributed by atoms with van der Waals surface area (Å²) < 4.78 is 31.0. The fraction of sp³-hybridized carbons (Fsp3) is 0.435. The van der Waals surface area contributed by atoms with E-state index in [0.717, 1.165) is 6.54 Å². The zero-order valence-corrected chi connectivity index (χ0v) is 19.0. The summed E-state index contributed by atoms with van der Waals surface area (Å²) in [6, 6.07) is 13.8. The number of amides is 1. The first-order valence-corrected chi connectivity index (χ1v) is 12.0. The number of nitrogens with one attached hydrogen (secondary N) is 1. The predicted molar refractivity (Wildman–Crippen MR) is 118 cm³/mol. The van der Waals surface area contributed by atoms with Gasteiger partial charge in [0.05, 0.1) is 4.90 Å². The zero-order valence-electron chi connectivity index (χ0n) is 18.2. The van der Waals surface area contributed by atoms with Crippen LogP contribution in [0.3, 0.4) is 0 Å². The molecule has 0 saturated carbocycles. The fourth-order valence-electron chi connectivity index (χ4n) is 3.92. The minimum absolute atomic E-state index is 0.0311. The van der Waals surface area contributed by atoms with Crippen LogP contribution in [0.1, 0.15) is 45.1 Å². The average molecular weight is 447 g/mol. The highest BCUT2D eigenvalue weighted by molar-refractivity contribution is 7.93. The molecule has 0 aliphatic carbocycles. The molecular formula is C23H30N2O5S. The summed E-state index contributed by atoms with van der Waals surface area (Å²) in [5.41, 5.74) is 2.78. The monoisotopic (exact) mass is 446 g/mol. The van der Waals surface area contributed by atoms with Gasteiger partial charge in [0.15, 0.2) is 14.6 Å². The number of piperidine rings is 1. The number of carbonyl (C=O) groups excluding carboxylic acids is 1. The van der Waals surface area contributed by atoms with Crippen molar-refractivity contribution in [2.45, 2.75) is 49.2 Å². The summed E-state index contributed by atoms with van der Waals surface area (Å²) in [5, 5.41) is 9.25. The van der Waals surface area contributed by atoms with Gasteiger partial charge in [0.25, 0.3) is 5.91 Å². The minimum atomic E-state index is -4.03. The summed E-state index contributed by atoms with van der Waals surface area (Å²) in [6.45, 7) is 7.94. The van der Waals surface area contributed by atoms with Crippen LogP contribution in [0.5, 0.6) is 11.5 Å². The number of hydrogen-bond donors (Lipinski definition) is 2. The highest BCUT2D eigenvalue weighted by Gasteiger charge is 2.52. The Balaban J connectivity index is 1.83. The highest BCUT2D eigenvalue weighted by atomic mass is 32.2. The van der Waals surface area contributed by atoms with Crippen LogP contribution in [0.25, 0.3) is 0 Å². The third-order valence-corrected chi connectivity index (χ3v) is 8.57. The van der Waals surface area contributed by atoms with Gasteiger partial charge >= 0.3 is 0 Å². The Morgan fingerprint density at radius 3 is 2.03 bits per heavy atom. The molecule has 2 N–H and O–H groups in total. The molecule has 2 aromatic rings. The van der Waals surface area contributed by atoms with Crippen molar-refractivity contribution in [2.24, 2.45) is 0 Å². The van der Waals surface area contributed by atoms with Crippen molar-refractivity contribution in [3.05, 3.63) is 54.1 Å². The molecule has 1 heterocycles. The molecule has 0 bridgehead atoms. The third-order valence-electron chi connectivity index (χ3n) is 6.06. The fourth-order valence-corrected chi connectivity index (χ4v) is 5.87. The van der Waals surface area contributed by atoms with E-state index in [-0.39, 0.29) is 17.7 Å². The van der Waals surface area contributed by atoms with Gasteiger partial charge < -0.3 is 9.64 Å². The molecule has 1 saturated heterocycles. The van der Waals surface area contributed by atoms with E-state index in [2.05, 4.69) is 18.7 Å². The van der Waals surface area contributed by atoms with E-state index >= 15 is 0 Å². The third kappa shape index (κ3) is 4.61. The van der Waals surface area contributed by atoms with Gasteiger partial charge in [-0.3, -0.25) is 10.0 Å². The Hall–Kier alpha value is -2.42. The van der Waals surface area contributed by atoms with E-state index in [1.54, 1.807) is 17.6 Å². The average Bonchev–Trinajstić information content (AvgIpc) is 2.79. The maximum atomic E-state index is 13.4. The molecule has 2 aromatic carbocycles. The number of carbonyl (C=O) groups is 1. The van der Waals surface area contributed by atoms with Crippen LogP contribution in [-0.2, 0) is 14.6 Å². The number of sulfone groups is 1. The summed E-state index contributed by atoms with van der Waals surface area (Å²) in [7, 11) is -4.03. The molecule has 3 rings (SSSR count). The van der Waals surface area contributed by atoms with Crippen molar-refractivity contribution in [2.75, 3.05) is 19.6 Å². The second kappa shape index (κ2) is 9.38. The Morgan fingerprint density at radius 1 is 1.06 bits per heavy atom.